The lowest BCUT2D eigenvalue weighted by Crippen LogP contribution is -2.40. The Hall–Kier alpha value is -2.22. The fourth-order valence-electron chi connectivity index (χ4n) is 3.31. The molecule has 0 bridgehead atoms. The van der Waals surface area contributed by atoms with E-state index in [0.717, 1.165) is 38.0 Å². The number of cyclic esters (lactones) is 1. The molecule has 3 heterocycles. The largest absolute Gasteiger partial charge is 0.447 e. The summed E-state index contributed by atoms with van der Waals surface area (Å²) in [4.78, 5) is 35.7. The monoisotopic (exact) mass is 348 g/mol. The summed E-state index contributed by atoms with van der Waals surface area (Å²) in [5, 5.41) is 0. The summed E-state index contributed by atoms with van der Waals surface area (Å²) in [5.41, 5.74) is 0.908. The zero-order valence-electron chi connectivity index (χ0n) is 14.7. The first-order chi connectivity index (χ1) is 12.1. The van der Waals surface area contributed by atoms with Gasteiger partial charge in [-0.3, -0.25) is 14.7 Å². The van der Waals surface area contributed by atoms with Crippen LogP contribution in [-0.2, 0) is 20.7 Å². The van der Waals surface area contributed by atoms with Crippen LogP contribution in [0.5, 0.6) is 0 Å². The number of likely N-dealkylation sites (tertiary alicyclic amines) is 1. The molecule has 1 atom stereocenters. The molecule has 1 aromatic rings. The maximum Gasteiger partial charge on any atom is 0.415 e. The minimum absolute atomic E-state index is 0.0263. The van der Waals surface area contributed by atoms with E-state index in [1.807, 2.05) is 11.8 Å². The van der Waals surface area contributed by atoms with Crippen LogP contribution < -0.4 is 4.90 Å². The third-order valence-electron chi connectivity index (χ3n) is 4.76. The lowest BCUT2D eigenvalue weighted by atomic mass is 9.92. The zero-order valence-corrected chi connectivity index (χ0v) is 14.7. The van der Waals surface area contributed by atoms with Crippen molar-refractivity contribution in [3.05, 3.63) is 18.1 Å². The number of ether oxygens (including phenoxy) is 2. The molecule has 0 aliphatic carbocycles. The van der Waals surface area contributed by atoms with Gasteiger partial charge in [0.1, 0.15) is 13.2 Å². The van der Waals surface area contributed by atoms with Gasteiger partial charge < -0.3 is 14.4 Å². The highest BCUT2D eigenvalue weighted by Crippen LogP contribution is 2.23. The Bertz CT molecular complexity index is 614. The van der Waals surface area contributed by atoms with Crippen molar-refractivity contribution < 1.29 is 19.1 Å². The second kappa shape index (κ2) is 7.77. The van der Waals surface area contributed by atoms with Gasteiger partial charge in [-0.25, -0.2) is 9.78 Å². The van der Waals surface area contributed by atoms with E-state index in [4.69, 9.17) is 9.47 Å². The number of carbonyl (C=O) groups excluding carboxylic acids is 2. The van der Waals surface area contributed by atoms with Gasteiger partial charge in [0.05, 0.1) is 24.1 Å². The van der Waals surface area contributed by atoms with E-state index < -0.39 is 0 Å². The molecule has 3 rings (SSSR count). The van der Waals surface area contributed by atoms with Crippen LogP contribution in [0.2, 0.25) is 0 Å². The number of amides is 2. The Labute approximate surface area is 147 Å². The second-order valence-electron chi connectivity index (χ2n) is 6.62. The lowest BCUT2D eigenvalue weighted by Gasteiger charge is -2.31. The first-order valence-electron chi connectivity index (χ1n) is 8.62. The fraction of sp³-hybridized carbons (Fsp3) is 0.647. The number of carbonyl (C=O) groups is 2. The predicted molar refractivity (Wildman–Crippen MR) is 90.2 cm³/mol. The number of aromatic nitrogens is 2. The van der Waals surface area contributed by atoms with Crippen LogP contribution in [0.25, 0.3) is 0 Å². The standard InChI is InChI=1S/C17H24N4O4/c1-12-10-25-17(23)21(12)15-9-18-14(8-19-15)7-13-3-5-20(6-4-13)16(22)11-24-2/h8-9,12-13H,3-7,10-11H2,1-2H3. The van der Waals surface area contributed by atoms with Gasteiger partial charge in [0.15, 0.2) is 5.82 Å². The van der Waals surface area contributed by atoms with Gasteiger partial charge in [-0.05, 0) is 32.1 Å². The molecule has 2 fully saturated rings. The van der Waals surface area contributed by atoms with Crippen molar-refractivity contribution in [1.29, 1.82) is 0 Å². The molecular weight excluding hydrogens is 324 g/mol. The first-order valence-corrected chi connectivity index (χ1v) is 8.62. The van der Waals surface area contributed by atoms with Crippen molar-refractivity contribution in [3.63, 3.8) is 0 Å². The van der Waals surface area contributed by atoms with Crippen LogP contribution in [-0.4, -0.2) is 66.3 Å². The van der Waals surface area contributed by atoms with Gasteiger partial charge in [-0.1, -0.05) is 0 Å². The number of hydrogen-bond acceptors (Lipinski definition) is 6. The molecule has 0 spiro atoms. The summed E-state index contributed by atoms with van der Waals surface area (Å²) >= 11 is 0. The van der Waals surface area contributed by atoms with Crippen LogP contribution in [0.3, 0.4) is 0 Å². The van der Waals surface area contributed by atoms with E-state index in [2.05, 4.69) is 9.97 Å². The fourth-order valence-corrected chi connectivity index (χ4v) is 3.31. The van der Waals surface area contributed by atoms with Crippen molar-refractivity contribution in [1.82, 2.24) is 14.9 Å². The lowest BCUT2D eigenvalue weighted by molar-refractivity contribution is -0.136. The summed E-state index contributed by atoms with van der Waals surface area (Å²) in [7, 11) is 1.54. The average molecular weight is 348 g/mol. The summed E-state index contributed by atoms with van der Waals surface area (Å²) in [6.07, 6.45) is 5.73. The van der Waals surface area contributed by atoms with Crippen molar-refractivity contribution in [3.8, 4) is 0 Å². The Morgan fingerprint density at radius 1 is 1.32 bits per heavy atom. The highest BCUT2D eigenvalue weighted by atomic mass is 16.6. The minimum Gasteiger partial charge on any atom is -0.447 e. The molecular formula is C17H24N4O4. The normalized spacial score (nSPS) is 21.5. The second-order valence-corrected chi connectivity index (χ2v) is 6.62. The molecule has 2 aliphatic heterocycles. The maximum atomic E-state index is 11.8. The third-order valence-corrected chi connectivity index (χ3v) is 4.76. The Balaban J connectivity index is 1.53. The molecule has 0 aromatic carbocycles. The average Bonchev–Trinajstić information content (AvgIpc) is 2.95. The van der Waals surface area contributed by atoms with E-state index in [-0.39, 0.29) is 24.6 Å². The minimum atomic E-state index is -0.373. The quantitative estimate of drug-likeness (QED) is 0.796. The van der Waals surface area contributed by atoms with Crippen LogP contribution in [0, 0.1) is 5.92 Å². The van der Waals surface area contributed by atoms with Crippen molar-refractivity contribution in [2.24, 2.45) is 5.92 Å². The molecule has 2 saturated heterocycles. The van der Waals surface area contributed by atoms with Gasteiger partial charge in [0.2, 0.25) is 5.91 Å². The number of nitrogens with zero attached hydrogens (tertiary/aromatic N) is 4. The molecule has 8 heteroatoms. The molecule has 1 unspecified atom stereocenters. The van der Waals surface area contributed by atoms with Crippen LogP contribution in [0.4, 0.5) is 10.6 Å². The third kappa shape index (κ3) is 4.07. The Morgan fingerprint density at radius 2 is 2.08 bits per heavy atom. The molecule has 1 aromatic heterocycles. The molecule has 8 nitrogen and oxygen atoms in total. The number of rotatable bonds is 5. The highest BCUT2D eigenvalue weighted by Gasteiger charge is 2.32. The van der Waals surface area contributed by atoms with Gasteiger partial charge in [0, 0.05) is 20.2 Å². The number of hydrogen-bond donors (Lipinski definition) is 0. The van der Waals surface area contributed by atoms with E-state index in [9.17, 15) is 9.59 Å². The maximum absolute atomic E-state index is 11.8. The SMILES string of the molecule is COCC(=O)N1CCC(Cc2cnc(N3C(=O)OCC3C)cn2)CC1. The van der Waals surface area contributed by atoms with E-state index >= 15 is 0 Å². The Kier molecular flexibility index (Phi) is 5.47. The van der Waals surface area contributed by atoms with Crippen molar-refractivity contribution in [2.75, 3.05) is 38.3 Å². The van der Waals surface area contributed by atoms with Crippen LogP contribution >= 0.6 is 0 Å². The molecule has 0 N–H and O–H groups in total. The summed E-state index contributed by atoms with van der Waals surface area (Å²) in [6.45, 7) is 3.96. The van der Waals surface area contributed by atoms with E-state index in [1.54, 1.807) is 12.4 Å². The van der Waals surface area contributed by atoms with Crippen molar-refractivity contribution >= 4 is 17.8 Å². The predicted octanol–water partition coefficient (Wildman–Crippen LogP) is 1.25. The number of piperidine rings is 1. The van der Waals surface area contributed by atoms with Crippen molar-refractivity contribution in [2.45, 2.75) is 32.2 Å². The smallest absolute Gasteiger partial charge is 0.415 e. The summed E-state index contributed by atoms with van der Waals surface area (Å²) in [5.74, 6) is 1.07. The topological polar surface area (TPSA) is 84.9 Å². The molecule has 2 aliphatic rings. The van der Waals surface area contributed by atoms with Crippen LogP contribution in [0.1, 0.15) is 25.5 Å². The van der Waals surface area contributed by atoms with Gasteiger partial charge >= 0.3 is 6.09 Å². The van der Waals surface area contributed by atoms with Gasteiger partial charge in [0.25, 0.3) is 0 Å². The molecule has 136 valence electrons. The van der Waals surface area contributed by atoms with E-state index in [1.165, 1.54) is 12.0 Å². The van der Waals surface area contributed by atoms with Gasteiger partial charge in [-0.15, -0.1) is 0 Å². The Morgan fingerprint density at radius 3 is 2.64 bits per heavy atom. The molecule has 0 saturated carbocycles. The zero-order chi connectivity index (χ0) is 17.8. The van der Waals surface area contributed by atoms with Crippen LogP contribution in [0.15, 0.2) is 12.4 Å². The number of anilines is 1. The summed E-state index contributed by atoms with van der Waals surface area (Å²) in [6, 6.07) is -0.0263. The first kappa shape index (κ1) is 17.6. The van der Waals surface area contributed by atoms with Gasteiger partial charge in [-0.2, -0.15) is 0 Å². The van der Waals surface area contributed by atoms with E-state index in [0.29, 0.717) is 18.3 Å². The summed E-state index contributed by atoms with van der Waals surface area (Å²) < 4.78 is 9.91. The highest BCUT2D eigenvalue weighted by molar-refractivity contribution is 5.88. The molecule has 0 radical (unpaired) electrons. The molecule has 2 amide bonds. The number of methoxy groups -OCH3 is 1. The molecule has 25 heavy (non-hydrogen) atoms.